The summed E-state index contributed by atoms with van der Waals surface area (Å²) in [6, 6.07) is 7.24. The van der Waals surface area contributed by atoms with E-state index in [1.807, 2.05) is 11.7 Å². The lowest BCUT2D eigenvalue weighted by atomic mass is 9.95. The first kappa shape index (κ1) is 15.8. The van der Waals surface area contributed by atoms with E-state index in [-0.39, 0.29) is 0 Å². The summed E-state index contributed by atoms with van der Waals surface area (Å²) in [5, 5.41) is 8.08. The van der Waals surface area contributed by atoms with Gasteiger partial charge in [0, 0.05) is 31.4 Å². The minimum Gasteiger partial charge on any atom is -0.310 e. The average Bonchev–Trinajstić information content (AvgIpc) is 2.78. The lowest BCUT2D eigenvalue weighted by molar-refractivity contribution is 0.589. The molecule has 3 heteroatoms. The van der Waals surface area contributed by atoms with Crippen molar-refractivity contribution in [1.29, 1.82) is 0 Å². The van der Waals surface area contributed by atoms with E-state index in [4.69, 9.17) is 0 Å². The number of nitrogens with one attached hydrogen (secondary N) is 1. The molecule has 0 aliphatic carbocycles. The highest BCUT2D eigenvalue weighted by Crippen LogP contribution is 2.30. The number of hydrogen-bond donors (Lipinski definition) is 1. The molecule has 0 amide bonds. The summed E-state index contributed by atoms with van der Waals surface area (Å²) >= 11 is 0. The zero-order chi connectivity index (χ0) is 15.6. The van der Waals surface area contributed by atoms with Gasteiger partial charge in [-0.15, -0.1) is 0 Å². The van der Waals surface area contributed by atoms with Gasteiger partial charge in [-0.3, -0.25) is 4.68 Å². The summed E-state index contributed by atoms with van der Waals surface area (Å²) in [6.07, 6.45) is 2.13. The molecule has 0 aliphatic heterocycles. The van der Waals surface area contributed by atoms with Crippen molar-refractivity contribution < 1.29 is 0 Å². The highest BCUT2D eigenvalue weighted by molar-refractivity contribution is 5.69. The minimum absolute atomic E-state index is 0.433. The summed E-state index contributed by atoms with van der Waals surface area (Å²) < 4.78 is 1.92. The number of aromatic nitrogens is 2. The van der Waals surface area contributed by atoms with Gasteiger partial charge < -0.3 is 5.32 Å². The molecule has 3 nitrogen and oxygen atoms in total. The van der Waals surface area contributed by atoms with E-state index in [1.165, 1.54) is 27.9 Å². The molecule has 0 spiro atoms. The molecule has 1 aromatic carbocycles. The van der Waals surface area contributed by atoms with E-state index < -0.39 is 0 Å². The summed E-state index contributed by atoms with van der Waals surface area (Å²) in [4.78, 5) is 0. The van der Waals surface area contributed by atoms with E-state index in [1.54, 1.807) is 0 Å². The SMILES string of the molecule is Cc1cc(CNC(C)C)ccc1-c1cn(C)nc1C(C)C. The molecule has 2 rings (SSSR count). The summed E-state index contributed by atoms with van der Waals surface area (Å²) in [5.74, 6) is 0.433. The quantitative estimate of drug-likeness (QED) is 0.899. The smallest absolute Gasteiger partial charge is 0.0728 e. The summed E-state index contributed by atoms with van der Waals surface area (Å²) in [7, 11) is 1.99. The van der Waals surface area contributed by atoms with Crippen LogP contribution >= 0.6 is 0 Å². The van der Waals surface area contributed by atoms with Crippen molar-refractivity contribution in [3.8, 4) is 11.1 Å². The molecule has 1 N–H and O–H groups in total. The maximum atomic E-state index is 4.61. The lowest BCUT2D eigenvalue weighted by Gasteiger charge is -2.12. The molecule has 0 saturated carbocycles. The molecule has 0 atom stereocenters. The van der Waals surface area contributed by atoms with Crippen molar-refractivity contribution in [3.05, 3.63) is 41.2 Å². The van der Waals surface area contributed by atoms with Crippen molar-refractivity contribution in [2.45, 2.75) is 53.1 Å². The van der Waals surface area contributed by atoms with Crippen LogP contribution in [0, 0.1) is 6.92 Å². The van der Waals surface area contributed by atoms with Gasteiger partial charge in [-0.25, -0.2) is 0 Å². The first-order valence-corrected chi connectivity index (χ1v) is 7.75. The van der Waals surface area contributed by atoms with Gasteiger partial charge in [-0.2, -0.15) is 5.10 Å². The third kappa shape index (κ3) is 3.73. The first-order valence-electron chi connectivity index (χ1n) is 7.75. The van der Waals surface area contributed by atoms with E-state index >= 15 is 0 Å². The van der Waals surface area contributed by atoms with E-state index in [2.05, 4.69) is 69.4 Å². The first-order chi connectivity index (χ1) is 9.88. The van der Waals surface area contributed by atoms with Gasteiger partial charge in [0.15, 0.2) is 0 Å². The summed E-state index contributed by atoms with van der Waals surface area (Å²) in [6.45, 7) is 11.8. The Morgan fingerprint density at radius 1 is 1.14 bits per heavy atom. The van der Waals surface area contributed by atoms with Crippen LogP contribution in [-0.4, -0.2) is 15.8 Å². The standard InChI is InChI=1S/C18H27N3/c1-12(2)18-17(11-21(6)20-18)16-8-7-15(9-14(16)5)10-19-13(3)4/h7-9,11-13,19H,10H2,1-6H3. The molecule has 0 unspecified atom stereocenters. The van der Waals surface area contributed by atoms with Crippen LogP contribution < -0.4 is 5.32 Å². The maximum Gasteiger partial charge on any atom is 0.0728 e. The molecule has 114 valence electrons. The molecular weight excluding hydrogens is 258 g/mol. The Kier molecular flexibility index (Phi) is 4.84. The minimum atomic E-state index is 0.433. The number of hydrogen-bond acceptors (Lipinski definition) is 2. The van der Waals surface area contributed by atoms with Crippen LogP contribution in [0.4, 0.5) is 0 Å². The van der Waals surface area contributed by atoms with Crippen molar-refractivity contribution in [1.82, 2.24) is 15.1 Å². The number of benzene rings is 1. The molecule has 0 saturated heterocycles. The van der Waals surface area contributed by atoms with Gasteiger partial charge >= 0.3 is 0 Å². The van der Waals surface area contributed by atoms with Crippen LogP contribution in [0.15, 0.2) is 24.4 Å². The van der Waals surface area contributed by atoms with Crippen molar-refractivity contribution in [2.24, 2.45) is 7.05 Å². The molecule has 2 aromatic rings. The Labute approximate surface area is 128 Å². The monoisotopic (exact) mass is 285 g/mol. The van der Waals surface area contributed by atoms with Gasteiger partial charge in [0.05, 0.1) is 5.69 Å². The third-order valence-electron chi connectivity index (χ3n) is 3.70. The molecule has 1 heterocycles. The third-order valence-corrected chi connectivity index (χ3v) is 3.70. The Hall–Kier alpha value is -1.61. The molecule has 0 fully saturated rings. The fourth-order valence-electron chi connectivity index (χ4n) is 2.60. The molecule has 21 heavy (non-hydrogen) atoms. The molecule has 0 bridgehead atoms. The number of nitrogens with zero attached hydrogens (tertiary/aromatic N) is 2. The average molecular weight is 285 g/mol. The zero-order valence-corrected chi connectivity index (χ0v) is 14.1. The second-order valence-corrected chi connectivity index (χ2v) is 6.44. The van der Waals surface area contributed by atoms with Gasteiger partial charge in [0.2, 0.25) is 0 Å². The fraction of sp³-hybridized carbons (Fsp3) is 0.500. The van der Waals surface area contributed by atoms with Crippen LogP contribution in [-0.2, 0) is 13.6 Å². The number of aryl methyl sites for hydroxylation is 2. The van der Waals surface area contributed by atoms with Gasteiger partial charge in [-0.1, -0.05) is 45.9 Å². The van der Waals surface area contributed by atoms with Crippen LogP contribution in [0.5, 0.6) is 0 Å². The predicted octanol–water partition coefficient (Wildman–Crippen LogP) is 4.02. The molecule has 1 aromatic heterocycles. The van der Waals surface area contributed by atoms with E-state index in [0.29, 0.717) is 12.0 Å². The second kappa shape index (κ2) is 6.44. The normalized spacial score (nSPS) is 11.6. The number of rotatable bonds is 5. The largest absolute Gasteiger partial charge is 0.310 e. The van der Waals surface area contributed by atoms with Crippen LogP contribution in [0.2, 0.25) is 0 Å². The Balaban J connectivity index is 2.33. The maximum absolute atomic E-state index is 4.61. The predicted molar refractivity (Wildman–Crippen MR) is 89.4 cm³/mol. The summed E-state index contributed by atoms with van der Waals surface area (Å²) in [5.41, 5.74) is 6.37. The van der Waals surface area contributed by atoms with Crippen LogP contribution in [0.1, 0.15) is 50.4 Å². The topological polar surface area (TPSA) is 29.9 Å². The highest BCUT2D eigenvalue weighted by Gasteiger charge is 2.14. The fourth-order valence-corrected chi connectivity index (χ4v) is 2.60. The van der Waals surface area contributed by atoms with E-state index in [0.717, 1.165) is 6.54 Å². The van der Waals surface area contributed by atoms with Gasteiger partial charge in [-0.05, 0) is 29.5 Å². The lowest BCUT2D eigenvalue weighted by Crippen LogP contribution is -2.21. The van der Waals surface area contributed by atoms with Crippen molar-refractivity contribution in [3.63, 3.8) is 0 Å². The van der Waals surface area contributed by atoms with Crippen LogP contribution in [0.25, 0.3) is 11.1 Å². The highest BCUT2D eigenvalue weighted by atomic mass is 15.3. The molecule has 0 radical (unpaired) electrons. The Morgan fingerprint density at radius 2 is 1.86 bits per heavy atom. The van der Waals surface area contributed by atoms with Gasteiger partial charge in [0.25, 0.3) is 0 Å². The van der Waals surface area contributed by atoms with E-state index in [9.17, 15) is 0 Å². The Morgan fingerprint density at radius 3 is 2.43 bits per heavy atom. The van der Waals surface area contributed by atoms with Crippen molar-refractivity contribution in [2.75, 3.05) is 0 Å². The molecule has 0 aliphatic rings. The van der Waals surface area contributed by atoms with Gasteiger partial charge in [0.1, 0.15) is 0 Å². The Bertz CT molecular complexity index is 609. The second-order valence-electron chi connectivity index (χ2n) is 6.44. The van der Waals surface area contributed by atoms with Crippen molar-refractivity contribution >= 4 is 0 Å². The van der Waals surface area contributed by atoms with Crippen LogP contribution in [0.3, 0.4) is 0 Å². The zero-order valence-electron chi connectivity index (χ0n) is 14.1. The molecular formula is C18H27N3.